The van der Waals surface area contributed by atoms with Crippen LogP contribution < -0.4 is 10.4 Å². The Morgan fingerprint density at radius 2 is 1.44 bits per heavy atom. The van der Waals surface area contributed by atoms with Gasteiger partial charge in [0.15, 0.2) is 5.79 Å². The highest BCUT2D eigenvalue weighted by Crippen LogP contribution is 2.44. The summed E-state index contributed by atoms with van der Waals surface area (Å²) in [4.78, 5) is 0. The van der Waals surface area contributed by atoms with Gasteiger partial charge in [0.1, 0.15) is 18.3 Å². The number of hydrogen-bond acceptors (Lipinski definition) is 6. The zero-order chi connectivity index (χ0) is 23.2. The first-order valence-corrected chi connectivity index (χ1v) is 13.0. The van der Waals surface area contributed by atoms with E-state index in [-0.39, 0.29) is 11.6 Å². The van der Waals surface area contributed by atoms with Gasteiger partial charge in [-0.2, -0.15) is 0 Å². The van der Waals surface area contributed by atoms with Gasteiger partial charge in [-0.15, -0.1) is 0 Å². The minimum atomic E-state index is -2.77. The van der Waals surface area contributed by atoms with Crippen molar-refractivity contribution in [2.24, 2.45) is 0 Å². The first kappa shape index (κ1) is 23.6. The molecule has 0 amide bonds. The van der Waals surface area contributed by atoms with Crippen LogP contribution in [0, 0.1) is 0 Å². The molecule has 0 spiro atoms. The summed E-state index contributed by atoms with van der Waals surface area (Å²) in [6.45, 7) is 9.84. The average molecular weight is 459 g/mol. The average Bonchev–Trinajstić information content (AvgIpc) is 3.21. The summed E-state index contributed by atoms with van der Waals surface area (Å²) < 4.78 is 24.8. The normalized spacial score (nSPS) is 29.8. The van der Waals surface area contributed by atoms with Crippen LogP contribution in [0.2, 0.25) is 5.04 Å². The molecule has 0 saturated carbocycles. The van der Waals surface area contributed by atoms with Gasteiger partial charge in [-0.05, 0) is 29.3 Å². The molecular formula is C25H34O6Si. The molecule has 2 aromatic rings. The number of benzene rings is 2. The third kappa shape index (κ3) is 3.96. The fourth-order valence-corrected chi connectivity index (χ4v) is 9.60. The number of rotatable bonds is 6. The Morgan fingerprint density at radius 3 is 1.91 bits per heavy atom. The largest absolute Gasteiger partial charge is 0.405 e. The zero-order valence-electron chi connectivity index (χ0n) is 19.4. The lowest BCUT2D eigenvalue weighted by Gasteiger charge is -2.43. The van der Waals surface area contributed by atoms with Crippen LogP contribution >= 0.6 is 0 Å². The second-order valence-electron chi connectivity index (χ2n) is 10.2. The molecule has 2 saturated heterocycles. The fraction of sp³-hybridized carbons (Fsp3) is 0.520. The standard InChI is InChI=1S/C25H34O6Si/c1-23(2,3)32(18-12-8-6-9-13-18,19-14-10-7-11-15-19)28-16-20-21-22(25(27,17-26)29-20)31-24(4,5)30-21/h6-15,20-22,26-27H,16-17H2,1-5H3/t20-,21-,22-,25?/m1/s1. The van der Waals surface area contributed by atoms with E-state index in [9.17, 15) is 10.2 Å². The predicted molar refractivity (Wildman–Crippen MR) is 124 cm³/mol. The van der Waals surface area contributed by atoms with Crippen molar-refractivity contribution in [1.82, 2.24) is 0 Å². The van der Waals surface area contributed by atoms with E-state index in [0.717, 1.165) is 10.4 Å². The van der Waals surface area contributed by atoms with Crippen molar-refractivity contribution in [3.05, 3.63) is 60.7 Å². The van der Waals surface area contributed by atoms with E-state index in [0.29, 0.717) is 0 Å². The molecule has 174 valence electrons. The second-order valence-corrected chi connectivity index (χ2v) is 14.5. The molecule has 2 aliphatic rings. The van der Waals surface area contributed by atoms with Crippen LogP contribution in [0.1, 0.15) is 34.6 Å². The Hall–Kier alpha value is -1.58. The monoisotopic (exact) mass is 458 g/mol. The van der Waals surface area contributed by atoms with Crippen LogP contribution in [0.4, 0.5) is 0 Å². The molecule has 2 fully saturated rings. The third-order valence-corrected chi connectivity index (χ3v) is 11.4. The van der Waals surface area contributed by atoms with Crippen LogP contribution in [0.5, 0.6) is 0 Å². The summed E-state index contributed by atoms with van der Waals surface area (Å²) in [5, 5.41) is 22.8. The highest BCUT2D eigenvalue weighted by Gasteiger charge is 2.63. The van der Waals surface area contributed by atoms with Crippen LogP contribution in [-0.4, -0.2) is 61.6 Å². The van der Waals surface area contributed by atoms with Gasteiger partial charge < -0.3 is 28.8 Å². The number of fused-ring (bicyclic) bond motifs is 1. The number of hydrogen-bond donors (Lipinski definition) is 2. The van der Waals surface area contributed by atoms with Crippen molar-refractivity contribution in [2.75, 3.05) is 13.2 Å². The van der Waals surface area contributed by atoms with E-state index in [4.69, 9.17) is 18.6 Å². The quantitative estimate of drug-likeness (QED) is 0.646. The molecule has 4 rings (SSSR count). The maximum Gasteiger partial charge on any atom is 0.261 e. The fourth-order valence-electron chi connectivity index (χ4n) is 5.03. The second kappa shape index (κ2) is 8.33. The lowest BCUT2D eigenvalue weighted by molar-refractivity contribution is -0.286. The molecule has 2 aromatic carbocycles. The van der Waals surface area contributed by atoms with Gasteiger partial charge >= 0.3 is 0 Å². The maximum atomic E-state index is 10.9. The number of ether oxygens (including phenoxy) is 3. The molecule has 0 aliphatic carbocycles. The van der Waals surface area contributed by atoms with Gasteiger partial charge in [0.2, 0.25) is 5.79 Å². The maximum absolute atomic E-state index is 10.9. The topological polar surface area (TPSA) is 77.4 Å². The molecule has 2 N–H and O–H groups in total. The van der Waals surface area contributed by atoms with Crippen LogP contribution in [0.15, 0.2) is 60.7 Å². The summed E-state index contributed by atoms with van der Waals surface area (Å²) in [7, 11) is -2.77. The minimum absolute atomic E-state index is 0.187. The van der Waals surface area contributed by atoms with Crippen molar-refractivity contribution in [3.63, 3.8) is 0 Å². The van der Waals surface area contributed by atoms with Gasteiger partial charge in [-0.3, -0.25) is 0 Å². The summed E-state index contributed by atoms with van der Waals surface area (Å²) in [6, 6.07) is 20.7. The SMILES string of the molecule is CC1(C)O[C@H]2[C@@H](O1)C(O)(CO)O[C@@H]2CO[Si](c1ccccc1)(c1ccccc1)C(C)(C)C. The summed E-state index contributed by atoms with van der Waals surface area (Å²) >= 11 is 0. The molecule has 1 unspecified atom stereocenters. The van der Waals surface area contributed by atoms with E-state index in [1.54, 1.807) is 13.8 Å². The first-order valence-electron chi connectivity index (χ1n) is 11.1. The van der Waals surface area contributed by atoms with Crippen molar-refractivity contribution in [1.29, 1.82) is 0 Å². The summed E-state index contributed by atoms with van der Waals surface area (Å²) in [6.07, 6.45) is -1.91. The minimum Gasteiger partial charge on any atom is -0.405 e. The third-order valence-electron chi connectivity index (χ3n) is 6.40. The molecule has 0 radical (unpaired) electrons. The molecule has 32 heavy (non-hydrogen) atoms. The molecule has 4 atom stereocenters. The lowest BCUT2D eigenvalue weighted by atomic mass is 10.1. The summed E-state index contributed by atoms with van der Waals surface area (Å²) in [5.41, 5.74) is 0. The Kier molecular flexibility index (Phi) is 6.13. The lowest BCUT2D eigenvalue weighted by Crippen LogP contribution is -2.67. The predicted octanol–water partition coefficient (Wildman–Crippen LogP) is 2.16. The van der Waals surface area contributed by atoms with Gasteiger partial charge in [0.05, 0.1) is 13.2 Å². The van der Waals surface area contributed by atoms with Crippen molar-refractivity contribution in [3.8, 4) is 0 Å². The molecule has 0 aromatic heterocycles. The van der Waals surface area contributed by atoms with Gasteiger partial charge in [0, 0.05) is 0 Å². The first-order chi connectivity index (χ1) is 15.0. The molecule has 7 heteroatoms. The van der Waals surface area contributed by atoms with E-state index in [2.05, 4.69) is 45.0 Å². The Morgan fingerprint density at radius 1 is 0.906 bits per heavy atom. The van der Waals surface area contributed by atoms with Gasteiger partial charge in [-0.1, -0.05) is 81.4 Å². The van der Waals surface area contributed by atoms with E-state index < -0.39 is 44.8 Å². The molecule has 2 aliphatic heterocycles. The van der Waals surface area contributed by atoms with E-state index in [1.165, 1.54) is 0 Å². The highest BCUT2D eigenvalue weighted by atomic mass is 28.4. The van der Waals surface area contributed by atoms with Gasteiger partial charge in [-0.25, -0.2) is 0 Å². The highest BCUT2D eigenvalue weighted by molar-refractivity contribution is 6.99. The Balaban J connectivity index is 1.72. The number of aliphatic hydroxyl groups excluding tert-OH is 1. The van der Waals surface area contributed by atoms with Crippen LogP contribution in [0.3, 0.4) is 0 Å². The molecular weight excluding hydrogens is 424 g/mol. The smallest absolute Gasteiger partial charge is 0.261 e. The van der Waals surface area contributed by atoms with E-state index in [1.807, 2.05) is 36.4 Å². The molecule has 6 nitrogen and oxygen atoms in total. The van der Waals surface area contributed by atoms with Crippen LogP contribution in [0.25, 0.3) is 0 Å². The molecule has 0 bridgehead atoms. The van der Waals surface area contributed by atoms with E-state index >= 15 is 0 Å². The summed E-state index contributed by atoms with van der Waals surface area (Å²) in [5.74, 6) is -2.70. The Bertz CT molecular complexity index is 874. The Labute approximate surface area is 191 Å². The van der Waals surface area contributed by atoms with Crippen LogP contribution in [-0.2, 0) is 18.6 Å². The van der Waals surface area contributed by atoms with Crippen molar-refractivity contribution >= 4 is 18.7 Å². The van der Waals surface area contributed by atoms with Gasteiger partial charge in [0.25, 0.3) is 8.32 Å². The number of aliphatic hydroxyl groups is 2. The zero-order valence-corrected chi connectivity index (χ0v) is 20.4. The molecule has 2 heterocycles. The van der Waals surface area contributed by atoms with Crippen molar-refractivity contribution in [2.45, 2.75) is 69.5 Å². The van der Waals surface area contributed by atoms with Crippen molar-refractivity contribution < 1.29 is 28.8 Å².